The number of nitrogen functional groups attached to an aromatic ring is 2. The summed E-state index contributed by atoms with van der Waals surface area (Å²) in [6.07, 6.45) is 4.41. The molecule has 1 unspecified atom stereocenters. The van der Waals surface area contributed by atoms with Crippen molar-refractivity contribution in [3.05, 3.63) is 30.4 Å². The van der Waals surface area contributed by atoms with E-state index in [4.69, 9.17) is 11.5 Å². The molecule has 2 heterocycles. The van der Waals surface area contributed by atoms with E-state index in [2.05, 4.69) is 27.2 Å². The Morgan fingerprint density at radius 2 is 2.24 bits per heavy atom. The molecule has 2 aromatic heterocycles. The molecule has 6 nitrogen and oxygen atoms in total. The number of anilines is 3. The van der Waals surface area contributed by atoms with Gasteiger partial charge in [0, 0.05) is 12.4 Å². The number of nitrogens with zero attached hydrogens (tertiary/aromatic N) is 2. The third-order valence-corrected chi connectivity index (χ3v) is 2.54. The van der Waals surface area contributed by atoms with Gasteiger partial charge in [0.1, 0.15) is 17.5 Å². The van der Waals surface area contributed by atoms with Gasteiger partial charge < -0.3 is 21.8 Å². The number of H-pyrrole nitrogens is 1. The number of hydrogen-bond donors (Lipinski definition) is 4. The molecule has 0 fully saturated rings. The number of aromatic nitrogens is 3. The molecule has 6 heteroatoms. The van der Waals surface area contributed by atoms with E-state index in [1.807, 2.05) is 0 Å². The zero-order valence-corrected chi connectivity index (χ0v) is 9.64. The molecule has 0 aromatic carbocycles. The fourth-order valence-electron chi connectivity index (χ4n) is 1.58. The number of nitrogens with two attached hydrogens (primary N) is 2. The van der Waals surface area contributed by atoms with Crippen LogP contribution in [0.4, 0.5) is 17.3 Å². The first-order chi connectivity index (χ1) is 8.20. The Morgan fingerprint density at radius 1 is 1.41 bits per heavy atom. The minimum absolute atomic E-state index is 0.0838. The maximum Gasteiger partial charge on any atom is 0.149 e. The van der Waals surface area contributed by atoms with E-state index in [0.717, 1.165) is 12.2 Å². The van der Waals surface area contributed by atoms with Crippen LogP contribution in [0.5, 0.6) is 0 Å². The fraction of sp³-hybridized carbons (Fsp3) is 0.273. The topological polar surface area (TPSA) is 106 Å². The second kappa shape index (κ2) is 4.73. The summed E-state index contributed by atoms with van der Waals surface area (Å²) in [4.78, 5) is 11.5. The molecule has 0 saturated heterocycles. The summed E-state index contributed by atoms with van der Waals surface area (Å²) in [6.45, 7) is 2.07. The van der Waals surface area contributed by atoms with Gasteiger partial charge in [0.05, 0.1) is 11.7 Å². The van der Waals surface area contributed by atoms with Crippen molar-refractivity contribution in [1.82, 2.24) is 15.0 Å². The van der Waals surface area contributed by atoms with Crippen LogP contribution in [-0.2, 0) is 0 Å². The van der Waals surface area contributed by atoms with Gasteiger partial charge in [-0.25, -0.2) is 9.97 Å². The first kappa shape index (κ1) is 11.3. The molecule has 0 aliphatic rings. The van der Waals surface area contributed by atoms with Crippen LogP contribution in [0.2, 0.25) is 0 Å². The molecule has 0 amide bonds. The molecule has 2 aromatic rings. The van der Waals surface area contributed by atoms with E-state index in [1.165, 1.54) is 0 Å². The van der Waals surface area contributed by atoms with Gasteiger partial charge in [-0.15, -0.1) is 0 Å². The number of rotatable bonds is 4. The Bertz CT molecular complexity index is 479. The average molecular weight is 232 g/mol. The van der Waals surface area contributed by atoms with Crippen LogP contribution in [0.25, 0.3) is 0 Å². The maximum absolute atomic E-state index is 5.66. The molecule has 1 atom stereocenters. The first-order valence-electron chi connectivity index (χ1n) is 5.48. The minimum atomic E-state index is 0.0838. The van der Waals surface area contributed by atoms with E-state index in [1.54, 1.807) is 24.5 Å². The average Bonchev–Trinajstić information content (AvgIpc) is 2.84. The molecule has 0 aliphatic heterocycles. The monoisotopic (exact) mass is 232 g/mol. The SMILES string of the molecule is CCC(Nc1ccc(N)c(N)n1)c1ncc[nH]1. The Kier molecular flexibility index (Phi) is 3.13. The van der Waals surface area contributed by atoms with Crippen molar-refractivity contribution in [2.24, 2.45) is 0 Å². The van der Waals surface area contributed by atoms with Crippen LogP contribution < -0.4 is 16.8 Å². The fourth-order valence-corrected chi connectivity index (χ4v) is 1.58. The molecule has 17 heavy (non-hydrogen) atoms. The molecular formula is C11H16N6. The number of nitrogens with one attached hydrogen (secondary N) is 2. The third-order valence-electron chi connectivity index (χ3n) is 2.54. The van der Waals surface area contributed by atoms with E-state index in [0.29, 0.717) is 17.3 Å². The molecule has 6 N–H and O–H groups in total. The molecule has 0 radical (unpaired) electrons. The Hall–Kier alpha value is -2.24. The highest BCUT2D eigenvalue weighted by Gasteiger charge is 2.12. The maximum atomic E-state index is 5.66. The van der Waals surface area contributed by atoms with Crippen molar-refractivity contribution in [2.45, 2.75) is 19.4 Å². The van der Waals surface area contributed by atoms with Gasteiger partial charge in [0.2, 0.25) is 0 Å². The van der Waals surface area contributed by atoms with E-state index in [9.17, 15) is 0 Å². The van der Waals surface area contributed by atoms with Crippen molar-refractivity contribution >= 4 is 17.3 Å². The summed E-state index contributed by atoms with van der Waals surface area (Å²) in [6, 6.07) is 3.62. The van der Waals surface area contributed by atoms with E-state index < -0.39 is 0 Å². The second-order valence-corrected chi connectivity index (χ2v) is 3.75. The highest BCUT2D eigenvalue weighted by atomic mass is 15.1. The first-order valence-corrected chi connectivity index (χ1v) is 5.48. The molecule has 0 spiro atoms. The molecule has 0 bridgehead atoms. The Morgan fingerprint density at radius 3 is 2.82 bits per heavy atom. The third kappa shape index (κ3) is 2.47. The minimum Gasteiger partial charge on any atom is -0.396 e. The predicted molar refractivity (Wildman–Crippen MR) is 68.3 cm³/mol. The quantitative estimate of drug-likeness (QED) is 0.639. The van der Waals surface area contributed by atoms with E-state index >= 15 is 0 Å². The van der Waals surface area contributed by atoms with Crippen LogP contribution in [-0.4, -0.2) is 15.0 Å². The van der Waals surface area contributed by atoms with Gasteiger partial charge in [0.25, 0.3) is 0 Å². The number of imidazole rings is 1. The number of aromatic amines is 1. The predicted octanol–water partition coefficient (Wildman–Crippen LogP) is 1.53. The molecule has 2 rings (SSSR count). The second-order valence-electron chi connectivity index (χ2n) is 3.75. The highest BCUT2D eigenvalue weighted by Crippen LogP contribution is 2.21. The van der Waals surface area contributed by atoms with Crippen molar-refractivity contribution in [2.75, 3.05) is 16.8 Å². The van der Waals surface area contributed by atoms with Gasteiger partial charge in [-0.05, 0) is 18.6 Å². The van der Waals surface area contributed by atoms with Crippen molar-refractivity contribution < 1.29 is 0 Å². The lowest BCUT2D eigenvalue weighted by atomic mass is 10.2. The summed E-state index contributed by atoms with van der Waals surface area (Å²) >= 11 is 0. The lowest BCUT2D eigenvalue weighted by Gasteiger charge is -2.15. The summed E-state index contributed by atoms with van der Waals surface area (Å²) in [5.41, 5.74) is 11.8. The molecule has 0 aliphatic carbocycles. The van der Waals surface area contributed by atoms with E-state index in [-0.39, 0.29) is 6.04 Å². The summed E-state index contributed by atoms with van der Waals surface area (Å²) < 4.78 is 0. The van der Waals surface area contributed by atoms with Crippen molar-refractivity contribution in [3.8, 4) is 0 Å². The highest BCUT2D eigenvalue weighted by molar-refractivity contribution is 5.61. The Labute approximate surface area is 99.5 Å². The van der Waals surface area contributed by atoms with Gasteiger partial charge in [0.15, 0.2) is 0 Å². The number of hydrogen-bond acceptors (Lipinski definition) is 5. The summed E-state index contributed by atoms with van der Waals surface area (Å²) in [7, 11) is 0. The number of pyridine rings is 1. The lowest BCUT2D eigenvalue weighted by Crippen LogP contribution is -2.13. The van der Waals surface area contributed by atoms with Crippen LogP contribution in [0, 0.1) is 0 Å². The smallest absolute Gasteiger partial charge is 0.149 e. The lowest BCUT2D eigenvalue weighted by molar-refractivity contribution is 0.700. The molecule has 0 saturated carbocycles. The summed E-state index contributed by atoms with van der Waals surface area (Å²) in [5.74, 6) is 1.91. The van der Waals surface area contributed by atoms with Crippen LogP contribution in [0.15, 0.2) is 24.5 Å². The van der Waals surface area contributed by atoms with Gasteiger partial charge in [-0.3, -0.25) is 0 Å². The molecular weight excluding hydrogens is 216 g/mol. The molecule has 90 valence electrons. The van der Waals surface area contributed by atoms with Gasteiger partial charge >= 0.3 is 0 Å². The largest absolute Gasteiger partial charge is 0.396 e. The zero-order valence-electron chi connectivity index (χ0n) is 9.64. The van der Waals surface area contributed by atoms with Crippen molar-refractivity contribution in [1.29, 1.82) is 0 Å². The zero-order chi connectivity index (χ0) is 12.3. The van der Waals surface area contributed by atoms with Gasteiger partial charge in [-0.2, -0.15) is 0 Å². The van der Waals surface area contributed by atoms with Crippen LogP contribution in [0.3, 0.4) is 0 Å². The standard InChI is InChI=1S/C11H16N6/c1-2-8(11-14-5-6-15-11)16-9-4-3-7(12)10(13)17-9/h3-6,8H,2,12H2,1H3,(H,14,15)(H3,13,16,17). The van der Waals surface area contributed by atoms with Crippen LogP contribution in [0.1, 0.15) is 25.2 Å². The van der Waals surface area contributed by atoms with Crippen LogP contribution >= 0.6 is 0 Å². The van der Waals surface area contributed by atoms with Gasteiger partial charge in [-0.1, -0.05) is 6.92 Å². The van der Waals surface area contributed by atoms with Crippen molar-refractivity contribution in [3.63, 3.8) is 0 Å². The Balaban J connectivity index is 2.16. The normalized spacial score (nSPS) is 12.3. The summed E-state index contributed by atoms with van der Waals surface area (Å²) in [5, 5.41) is 3.26.